The maximum absolute atomic E-state index is 13.7. The zero-order valence-electron chi connectivity index (χ0n) is 33.5. The third-order valence-corrected chi connectivity index (χ3v) is 8.39. The number of benzene rings is 1. The van der Waals surface area contributed by atoms with Crippen LogP contribution in [0.2, 0.25) is 0 Å². The van der Waals surface area contributed by atoms with Crippen LogP contribution >= 0.6 is 0 Å². The number of nitrogens with one attached hydrogen (secondary N) is 2. The fourth-order valence-corrected chi connectivity index (χ4v) is 5.96. The summed E-state index contributed by atoms with van der Waals surface area (Å²) < 4.78 is 44.4. The molecule has 0 saturated carbocycles. The van der Waals surface area contributed by atoms with Gasteiger partial charge in [-0.05, 0) is 11.6 Å². The van der Waals surface area contributed by atoms with E-state index in [2.05, 4.69) is 15.6 Å². The number of hydrogen-bond donors (Lipinski definition) is 4. The van der Waals surface area contributed by atoms with Crippen molar-refractivity contribution in [2.45, 2.75) is 103 Å². The zero-order chi connectivity index (χ0) is 44.7. The molecule has 2 heterocycles. The van der Waals surface area contributed by atoms with Crippen molar-refractivity contribution in [2.24, 2.45) is 0 Å². The van der Waals surface area contributed by atoms with Crippen LogP contribution in [-0.2, 0) is 89.4 Å². The lowest BCUT2D eigenvalue weighted by molar-refractivity contribution is -0.312. The van der Waals surface area contributed by atoms with Crippen molar-refractivity contribution >= 4 is 53.4 Å². The SMILES string of the molecule is COC(=O)[C@]1(OCC(=O)N[C@H](C(=O)OCc2ccccc2)[C@H](O)Cn2ccc(N)nc2=O)C[C@H](OC(C)=O)[C@@H](NC(C)=O)[C@H]([C@H](OC(C)=O)[C@@H](COC(C)=O)OC(C)=O)O1. The van der Waals surface area contributed by atoms with Gasteiger partial charge >= 0.3 is 41.5 Å². The molecule has 60 heavy (non-hydrogen) atoms. The molecule has 5 N–H and O–H groups in total. The number of rotatable bonds is 19. The molecule has 23 nitrogen and oxygen atoms in total. The molecule has 23 heteroatoms. The molecule has 8 atom stereocenters. The van der Waals surface area contributed by atoms with Gasteiger partial charge in [0, 0.05) is 40.8 Å². The largest absolute Gasteiger partial charge is 0.465 e. The fourth-order valence-electron chi connectivity index (χ4n) is 5.96. The molecule has 1 aromatic heterocycles. The highest BCUT2D eigenvalue weighted by Crippen LogP contribution is 2.37. The number of carbonyl (C=O) groups excluding carboxylic acids is 8. The standard InChI is InChI=1S/C37H47N5O18/c1-19(43)39-31-26(57-21(3)45)14-37(35(51)53-6,60-33(31)32(59-23(5)47)27(58-22(4)46)17-54-20(2)44)56-18-29(49)41-30(34(50)55-16-24-10-8-7-9-11-24)25(48)15-42-13-12-28(38)40-36(42)52/h7-13,25-27,30-33,48H,14-18H2,1-6H3,(H,39,43)(H,41,49)(H2,38,40,52)/t25-,26+,27-,30+,31-,32-,33-,37+/m1/s1. The summed E-state index contributed by atoms with van der Waals surface area (Å²) in [6, 6.07) is 6.21. The molecule has 1 saturated heterocycles. The maximum atomic E-state index is 13.7. The molecule has 0 radical (unpaired) electrons. The Morgan fingerprint density at radius 1 is 0.950 bits per heavy atom. The Bertz CT molecular complexity index is 1940. The number of amides is 2. The predicted molar refractivity (Wildman–Crippen MR) is 198 cm³/mol. The third kappa shape index (κ3) is 14.1. The number of esters is 6. The second-order valence-electron chi connectivity index (χ2n) is 13.2. The zero-order valence-corrected chi connectivity index (χ0v) is 33.5. The molecular weight excluding hydrogens is 802 g/mol. The summed E-state index contributed by atoms with van der Waals surface area (Å²) >= 11 is 0. The Hall–Kier alpha value is -6.46. The van der Waals surface area contributed by atoms with E-state index >= 15 is 0 Å². The smallest absolute Gasteiger partial charge is 0.366 e. The normalized spacial score (nSPS) is 20.4. The first-order chi connectivity index (χ1) is 28.2. The minimum absolute atomic E-state index is 0.119. The van der Waals surface area contributed by atoms with Gasteiger partial charge in [0.1, 0.15) is 44.0 Å². The number of ether oxygens (including phenoxy) is 8. The van der Waals surface area contributed by atoms with Gasteiger partial charge in [0.15, 0.2) is 18.2 Å². The quantitative estimate of drug-likeness (QED) is 0.0873. The topological polar surface area (TPSA) is 316 Å². The highest BCUT2D eigenvalue weighted by atomic mass is 16.7. The molecule has 2 amide bonds. The molecule has 328 valence electrons. The number of methoxy groups -OCH3 is 1. The van der Waals surface area contributed by atoms with Crippen LogP contribution < -0.4 is 22.1 Å². The lowest BCUT2D eigenvalue weighted by Gasteiger charge is -2.48. The second kappa shape index (κ2) is 22.1. The van der Waals surface area contributed by atoms with Crippen LogP contribution in [-0.4, -0.2) is 131 Å². The molecule has 1 fully saturated rings. The van der Waals surface area contributed by atoms with E-state index in [1.165, 1.54) is 12.3 Å². The van der Waals surface area contributed by atoms with Crippen molar-refractivity contribution in [3.63, 3.8) is 0 Å². The van der Waals surface area contributed by atoms with E-state index in [9.17, 15) is 48.3 Å². The first-order valence-electron chi connectivity index (χ1n) is 18.1. The molecule has 0 unspecified atom stereocenters. The summed E-state index contributed by atoms with van der Waals surface area (Å²) in [4.78, 5) is 118. The Morgan fingerprint density at radius 2 is 1.62 bits per heavy atom. The van der Waals surface area contributed by atoms with Crippen LogP contribution in [0.25, 0.3) is 0 Å². The maximum Gasteiger partial charge on any atom is 0.366 e. The molecule has 3 rings (SSSR count). The van der Waals surface area contributed by atoms with E-state index in [-0.39, 0.29) is 12.4 Å². The molecule has 1 aliphatic heterocycles. The van der Waals surface area contributed by atoms with Gasteiger partial charge in [-0.25, -0.2) is 14.4 Å². The van der Waals surface area contributed by atoms with Crippen LogP contribution in [0.1, 0.15) is 46.6 Å². The molecule has 2 aromatic rings. The van der Waals surface area contributed by atoms with Crippen LogP contribution in [0.3, 0.4) is 0 Å². The minimum atomic E-state index is -2.78. The van der Waals surface area contributed by atoms with Crippen molar-refractivity contribution in [1.82, 2.24) is 20.2 Å². The van der Waals surface area contributed by atoms with E-state index in [0.717, 1.165) is 46.3 Å². The number of carbonyl (C=O) groups is 8. The van der Waals surface area contributed by atoms with E-state index < -0.39 is 128 Å². The van der Waals surface area contributed by atoms with E-state index in [0.29, 0.717) is 5.56 Å². The number of nitrogens with two attached hydrogens (primary N) is 1. The van der Waals surface area contributed by atoms with Crippen molar-refractivity contribution in [3.8, 4) is 0 Å². The number of nitrogen functional groups attached to an aromatic ring is 1. The first-order valence-corrected chi connectivity index (χ1v) is 18.1. The summed E-state index contributed by atoms with van der Waals surface area (Å²) in [5.74, 6) is -11.1. The Balaban J connectivity index is 2.06. The van der Waals surface area contributed by atoms with Gasteiger partial charge in [0.05, 0.1) is 26.1 Å². The van der Waals surface area contributed by atoms with E-state index in [4.69, 9.17) is 43.6 Å². The molecule has 0 spiro atoms. The summed E-state index contributed by atoms with van der Waals surface area (Å²) in [7, 11) is 0.904. The van der Waals surface area contributed by atoms with Crippen LogP contribution in [0, 0.1) is 0 Å². The summed E-state index contributed by atoms with van der Waals surface area (Å²) in [6.07, 6.45) is -8.51. The van der Waals surface area contributed by atoms with Crippen molar-refractivity contribution in [2.75, 3.05) is 26.1 Å². The van der Waals surface area contributed by atoms with Gasteiger partial charge in [0.2, 0.25) is 11.8 Å². The molecule has 1 aromatic carbocycles. The molecule has 0 aliphatic carbocycles. The number of aliphatic hydroxyl groups is 1. The summed E-state index contributed by atoms with van der Waals surface area (Å²) in [5, 5.41) is 15.9. The van der Waals surface area contributed by atoms with Gasteiger partial charge in [-0.3, -0.25) is 33.3 Å². The number of hydrogen-bond acceptors (Lipinski definition) is 20. The second-order valence-corrected chi connectivity index (χ2v) is 13.2. The highest BCUT2D eigenvalue weighted by Gasteiger charge is 2.59. The molecular formula is C37H47N5O18. The molecule has 0 bridgehead atoms. The number of anilines is 1. The van der Waals surface area contributed by atoms with Gasteiger partial charge in [-0.1, -0.05) is 30.3 Å². The summed E-state index contributed by atoms with van der Waals surface area (Å²) in [6.45, 7) is 2.20. The monoisotopic (exact) mass is 849 g/mol. The highest BCUT2D eigenvalue weighted by molar-refractivity contribution is 5.86. The number of aromatic nitrogens is 2. The molecule has 1 aliphatic rings. The van der Waals surface area contributed by atoms with Crippen molar-refractivity contribution in [3.05, 3.63) is 58.6 Å². The van der Waals surface area contributed by atoms with Gasteiger partial charge in [-0.2, -0.15) is 4.98 Å². The van der Waals surface area contributed by atoms with Crippen LogP contribution in [0.5, 0.6) is 0 Å². The Labute approximate surface area is 342 Å². The third-order valence-electron chi connectivity index (χ3n) is 8.39. The van der Waals surface area contributed by atoms with Crippen molar-refractivity contribution in [1.29, 1.82) is 0 Å². The van der Waals surface area contributed by atoms with Crippen LogP contribution in [0.15, 0.2) is 47.4 Å². The average molecular weight is 850 g/mol. The van der Waals surface area contributed by atoms with Gasteiger partial charge < -0.3 is 59.4 Å². The minimum Gasteiger partial charge on any atom is -0.465 e. The van der Waals surface area contributed by atoms with E-state index in [1.807, 2.05) is 0 Å². The van der Waals surface area contributed by atoms with Crippen molar-refractivity contribution < 1.29 is 81.4 Å². The lowest BCUT2D eigenvalue weighted by atomic mass is 9.88. The average Bonchev–Trinajstić information content (AvgIpc) is 3.17. The Morgan fingerprint density at radius 3 is 2.18 bits per heavy atom. The lowest BCUT2D eigenvalue weighted by Crippen LogP contribution is -2.69. The predicted octanol–water partition coefficient (Wildman–Crippen LogP) is -2.05. The first kappa shape index (κ1) is 47.9. The number of nitrogens with zero attached hydrogens (tertiary/aromatic N) is 2. The van der Waals surface area contributed by atoms with E-state index in [1.54, 1.807) is 30.3 Å². The summed E-state index contributed by atoms with van der Waals surface area (Å²) in [5.41, 5.74) is 5.21. The van der Waals surface area contributed by atoms with Gasteiger partial charge in [0.25, 0.3) is 5.79 Å². The van der Waals surface area contributed by atoms with Crippen LogP contribution in [0.4, 0.5) is 5.82 Å². The van der Waals surface area contributed by atoms with Gasteiger partial charge in [-0.15, -0.1) is 0 Å². The number of aliphatic hydroxyl groups excluding tert-OH is 1. The fraction of sp³-hybridized carbons (Fsp3) is 0.514. The Kier molecular flexibility index (Phi) is 17.6.